The summed E-state index contributed by atoms with van der Waals surface area (Å²) < 4.78 is 0. The monoisotopic (exact) mass is 316 g/mol. The molecule has 0 aliphatic carbocycles. The van der Waals surface area contributed by atoms with Crippen molar-refractivity contribution < 1.29 is 0 Å². The van der Waals surface area contributed by atoms with Crippen LogP contribution in [0.25, 0.3) is 12.2 Å². The van der Waals surface area contributed by atoms with Gasteiger partial charge in [-0.1, -0.05) is 64.6 Å². The second-order valence-electron chi connectivity index (χ2n) is 3.67. The first kappa shape index (κ1) is 13.8. The quantitative estimate of drug-likeness (QED) is 0.557. The van der Waals surface area contributed by atoms with Crippen LogP contribution in [0.3, 0.4) is 0 Å². The molecule has 0 saturated heterocycles. The number of rotatable bonds is 2. The lowest BCUT2D eigenvalue weighted by atomic mass is 10.1. The van der Waals surface area contributed by atoms with Crippen LogP contribution in [0, 0.1) is 0 Å². The molecule has 0 aliphatic rings. The number of hydrogen-bond donors (Lipinski definition) is 0. The molecule has 0 aromatic heterocycles. The summed E-state index contributed by atoms with van der Waals surface area (Å²) in [5.74, 6) is 0. The van der Waals surface area contributed by atoms with Gasteiger partial charge in [-0.25, -0.2) is 0 Å². The molecule has 0 unspecified atom stereocenters. The molecule has 0 saturated carbocycles. The minimum Gasteiger partial charge on any atom is -0.0843 e. The van der Waals surface area contributed by atoms with Crippen molar-refractivity contribution >= 4 is 58.6 Å². The summed E-state index contributed by atoms with van der Waals surface area (Å²) in [4.78, 5) is 0. The molecule has 0 N–H and O–H groups in total. The van der Waals surface area contributed by atoms with Crippen LogP contribution in [0.15, 0.2) is 36.4 Å². The zero-order valence-electron chi connectivity index (χ0n) is 9.13. The van der Waals surface area contributed by atoms with Gasteiger partial charge in [0.05, 0.1) is 10.0 Å². The Morgan fingerprint density at radius 2 is 1.39 bits per heavy atom. The molecule has 0 nitrogen and oxygen atoms in total. The summed E-state index contributed by atoms with van der Waals surface area (Å²) >= 11 is 23.8. The molecule has 0 spiro atoms. The van der Waals surface area contributed by atoms with E-state index in [1.807, 2.05) is 18.2 Å². The Bertz CT molecular complexity index is 603. The van der Waals surface area contributed by atoms with Gasteiger partial charge in [0.2, 0.25) is 0 Å². The largest absolute Gasteiger partial charge is 0.0843 e. The molecule has 2 rings (SSSR count). The highest BCUT2D eigenvalue weighted by atomic mass is 35.5. The van der Waals surface area contributed by atoms with E-state index in [2.05, 4.69) is 0 Å². The van der Waals surface area contributed by atoms with Gasteiger partial charge in [0, 0.05) is 10.0 Å². The minimum atomic E-state index is 0.524. The first-order valence-corrected chi connectivity index (χ1v) is 6.65. The molecule has 0 aliphatic heterocycles. The molecule has 2 aromatic rings. The van der Waals surface area contributed by atoms with Crippen molar-refractivity contribution in [2.75, 3.05) is 0 Å². The van der Waals surface area contributed by atoms with E-state index in [0.717, 1.165) is 11.1 Å². The van der Waals surface area contributed by atoms with Crippen LogP contribution in [0.5, 0.6) is 0 Å². The Kier molecular flexibility index (Phi) is 4.58. The topological polar surface area (TPSA) is 0 Å². The standard InChI is InChI=1S/C14H8Cl4/c15-11-4-6-12(16)10(8-11)3-1-9-2-5-13(17)14(18)7-9/h1-8H. The van der Waals surface area contributed by atoms with Gasteiger partial charge >= 0.3 is 0 Å². The summed E-state index contributed by atoms with van der Waals surface area (Å²) in [6.07, 6.45) is 3.79. The lowest BCUT2D eigenvalue weighted by molar-refractivity contribution is 1.64. The third kappa shape index (κ3) is 3.43. The van der Waals surface area contributed by atoms with Gasteiger partial charge in [-0.05, 0) is 41.5 Å². The molecule has 0 radical (unpaired) electrons. The summed E-state index contributed by atoms with van der Waals surface area (Å²) in [5, 5.41) is 2.36. The third-order valence-electron chi connectivity index (χ3n) is 2.36. The van der Waals surface area contributed by atoms with Crippen molar-refractivity contribution in [3.05, 3.63) is 67.6 Å². The maximum atomic E-state index is 6.06. The Balaban J connectivity index is 2.29. The minimum absolute atomic E-state index is 0.524. The molecule has 2 aromatic carbocycles. The first-order valence-electron chi connectivity index (χ1n) is 5.14. The van der Waals surface area contributed by atoms with E-state index in [1.54, 1.807) is 30.3 Å². The van der Waals surface area contributed by atoms with Crippen molar-refractivity contribution in [3.63, 3.8) is 0 Å². The molecule has 0 fully saturated rings. The molecular weight excluding hydrogens is 310 g/mol. The van der Waals surface area contributed by atoms with Crippen molar-refractivity contribution in [1.82, 2.24) is 0 Å². The summed E-state index contributed by atoms with van der Waals surface area (Å²) in [6, 6.07) is 10.7. The van der Waals surface area contributed by atoms with E-state index in [0.29, 0.717) is 20.1 Å². The zero-order chi connectivity index (χ0) is 13.1. The summed E-state index contributed by atoms with van der Waals surface area (Å²) in [7, 11) is 0. The van der Waals surface area contributed by atoms with Crippen LogP contribution < -0.4 is 0 Å². The van der Waals surface area contributed by atoms with Gasteiger partial charge in [0.15, 0.2) is 0 Å². The predicted molar refractivity (Wildman–Crippen MR) is 81.9 cm³/mol. The van der Waals surface area contributed by atoms with Crippen molar-refractivity contribution in [2.45, 2.75) is 0 Å². The first-order chi connectivity index (χ1) is 8.56. The number of benzene rings is 2. The molecular formula is C14H8Cl4. The molecule has 0 bridgehead atoms. The van der Waals surface area contributed by atoms with Crippen molar-refractivity contribution in [1.29, 1.82) is 0 Å². The van der Waals surface area contributed by atoms with Crippen LogP contribution in [-0.4, -0.2) is 0 Å². The second-order valence-corrected chi connectivity index (χ2v) is 5.33. The van der Waals surface area contributed by atoms with E-state index in [9.17, 15) is 0 Å². The molecule has 4 heteroatoms. The SMILES string of the molecule is Clc1ccc(Cl)c(C=Cc2ccc(Cl)c(Cl)c2)c1. The van der Waals surface area contributed by atoms with Gasteiger partial charge < -0.3 is 0 Å². The second kappa shape index (κ2) is 5.99. The predicted octanol–water partition coefficient (Wildman–Crippen LogP) is 6.47. The van der Waals surface area contributed by atoms with Crippen molar-refractivity contribution in [2.24, 2.45) is 0 Å². The van der Waals surface area contributed by atoms with E-state index in [-0.39, 0.29) is 0 Å². The molecule has 0 heterocycles. The van der Waals surface area contributed by atoms with Gasteiger partial charge in [-0.3, -0.25) is 0 Å². The van der Waals surface area contributed by atoms with E-state index in [4.69, 9.17) is 46.4 Å². The molecule has 0 amide bonds. The van der Waals surface area contributed by atoms with Crippen LogP contribution >= 0.6 is 46.4 Å². The fraction of sp³-hybridized carbons (Fsp3) is 0. The smallest absolute Gasteiger partial charge is 0.0598 e. The van der Waals surface area contributed by atoms with Gasteiger partial charge in [0.1, 0.15) is 0 Å². The molecule has 18 heavy (non-hydrogen) atoms. The van der Waals surface area contributed by atoms with Gasteiger partial charge in [-0.2, -0.15) is 0 Å². The van der Waals surface area contributed by atoms with Gasteiger partial charge in [0.25, 0.3) is 0 Å². The third-order valence-corrected chi connectivity index (χ3v) is 3.68. The highest BCUT2D eigenvalue weighted by Gasteiger charge is 1.99. The number of hydrogen-bond acceptors (Lipinski definition) is 0. The van der Waals surface area contributed by atoms with Crippen molar-refractivity contribution in [3.8, 4) is 0 Å². The average Bonchev–Trinajstić information content (AvgIpc) is 2.34. The maximum Gasteiger partial charge on any atom is 0.0598 e. The van der Waals surface area contributed by atoms with E-state index >= 15 is 0 Å². The van der Waals surface area contributed by atoms with Gasteiger partial charge in [-0.15, -0.1) is 0 Å². The van der Waals surface area contributed by atoms with Crippen LogP contribution in [0.1, 0.15) is 11.1 Å². The molecule has 92 valence electrons. The summed E-state index contributed by atoms with van der Waals surface area (Å²) in [5.41, 5.74) is 1.80. The zero-order valence-corrected chi connectivity index (χ0v) is 12.2. The lowest BCUT2D eigenvalue weighted by Gasteiger charge is -2.00. The Morgan fingerprint density at radius 3 is 2.11 bits per heavy atom. The van der Waals surface area contributed by atoms with Crippen LogP contribution in [0.4, 0.5) is 0 Å². The van der Waals surface area contributed by atoms with E-state index in [1.165, 1.54) is 0 Å². The Morgan fingerprint density at radius 1 is 0.667 bits per heavy atom. The fourth-order valence-corrected chi connectivity index (χ4v) is 2.11. The van der Waals surface area contributed by atoms with E-state index < -0.39 is 0 Å². The number of halogens is 4. The van der Waals surface area contributed by atoms with Crippen LogP contribution in [-0.2, 0) is 0 Å². The lowest BCUT2D eigenvalue weighted by Crippen LogP contribution is -1.77. The Labute approximate surface area is 126 Å². The fourth-order valence-electron chi connectivity index (χ4n) is 1.44. The summed E-state index contributed by atoms with van der Waals surface area (Å²) in [6.45, 7) is 0. The highest BCUT2D eigenvalue weighted by molar-refractivity contribution is 6.42. The molecule has 0 atom stereocenters. The maximum absolute atomic E-state index is 6.06. The normalized spacial score (nSPS) is 11.1. The van der Waals surface area contributed by atoms with Crippen LogP contribution in [0.2, 0.25) is 20.1 Å². The average molecular weight is 318 g/mol. The highest BCUT2D eigenvalue weighted by Crippen LogP contribution is 2.25. The Hall–Kier alpha value is -0.660.